The smallest absolute Gasteiger partial charge is 0.338 e. The van der Waals surface area contributed by atoms with E-state index in [2.05, 4.69) is 21.2 Å². The summed E-state index contributed by atoms with van der Waals surface area (Å²) in [6.45, 7) is 8.29. The Morgan fingerprint density at radius 3 is 2.67 bits per heavy atom. The van der Waals surface area contributed by atoms with E-state index in [9.17, 15) is 4.79 Å². The van der Waals surface area contributed by atoms with Gasteiger partial charge < -0.3 is 14.7 Å². The third kappa shape index (κ3) is 5.10. The van der Waals surface area contributed by atoms with Crippen molar-refractivity contribution >= 4 is 23.8 Å². The summed E-state index contributed by atoms with van der Waals surface area (Å²) in [5.74, 6) is -0.320. The predicted octanol–water partition coefficient (Wildman–Crippen LogP) is 5.44. The van der Waals surface area contributed by atoms with E-state index in [1.54, 1.807) is 12.3 Å². The Bertz CT molecular complexity index is 1070. The maximum absolute atomic E-state index is 12.3. The summed E-state index contributed by atoms with van der Waals surface area (Å²) in [5.41, 5.74) is 8.56. The highest BCUT2D eigenvalue weighted by molar-refractivity contribution is 6.31. The second-order valence-corrected chi connectivity index (χ2v) is 7.76. The summed E-state index contributed by atoms with van der Waals surface area (Å²) >= 11 is 6.17. The molecule has 0 atom stereocenters. The predicted molar refractivity (Wildman–Crippen MR) is 122 cm³/mol. The van der Waals surface area contributed by atoms with Crippen LogP contribution in [-0.2, 0) is 11.3 Å². The highest BCUT2D eigenvalue weighted by atomic mass is 35.5. The Hall–Kier alpha value is -3.05. The third-order valence-electron chi connectivity index (χ3n) is 4.68. The number of esters is 1. The maximum atomic E-state index is 12.3. The minimum absolute atomic E-state index is 0.155. The molecular formula is C24H26ClN3O2. The third-order valence-corrected chi connectivity index (χ3v) is 5.04. The molecule has 6 heteroatoms. The van der Waals surface area contributed by atoms with Crippen LogP contribution < -0.4 is 5.43 Å². The van der Waals surface area contributed by atoms with Crippen molar-refractivity contribution in [3.05, 3.63) is 87.7 Å². The van der Waals surface area contributed by atoms with Crippen molar-refractivity contribution in [1.29, 1.82) is 0 Å². The molecule has 3 aromatic rings. The molecule has 3 rings (SSSR count). The van der Waals surface area contributed by atoms with Crippen LogP contribution >= 0.6 is 11.6 Å². The van der Waals surface area contributed by atoms with Crippen LogP contribution in [0.3, 0.4) is 0 Å². The molecule has 5 nitrogen and oxygen atoms in total. The zero-order valence-electron chi connectivity index (χ0n) is 17.6. The van der Waals surface area contributed by atoms with E-state index in [1.165, 1.54) is 0 Å². The van der Waals surface area contributed by atoms with Crippen LogP contribution in [0, 0.1) is 13.8 Å². The van der Waals surface area contributed by atoms with Gasteiger partial charge in [0, 0.05) is 27.7 Å². The number of hydrogen-bond acceptors (Lipinski definition) is 4. The molecule has 0 unspecified atom stereocenters. The highest BCUT2D eigenvalue weighted by Crippen LogP contribution is 2.21. The highest BCUT2D eigenvalue weighted by Gasteiger charge is 2.13. The molecule has 0 spiro atoms. The zero-order valence-corrected chi connectivity index (χ0v) is 18.4. The minimum Gasteiger partial charge on any atom is -0.459 e. The average molecular weight is 424 g/mol. The maximum Gasteiger partial charge on any atom is 0.338 e. The normalized spacial score (nSPS) is 11.3. The van der Waals surface area contributed by atoms with Crippen molar-refractivity contribution in [2.75, 3.05) is 0 Å². The number of aryl methyl sites for hydroxylation is 1. The fraction of sp³-hybridized carbons (Fsp3) is 0.250. The fourth-order valence-corrected chi connectivity index (χ4v) is 3.46. The fourth-order valence-electron chi connectivity index (χ4n) is 3.26. The molecule has 1 aromatic heterocycles. The quantitative estimate of drug-likeness (QED) is 0.313. The van der Waals surface area contributed by atoms with Crippen LogP contribution in [0.1, 0.15) is 46.7 Å². The van der Waals surface area contributed by atoms with Crippen molar-refractivity contribution in [3.8, 4) is 5.69 Å². The molecule has 0 aliphatic rings. The Morgan fingerprint density at radius 2 is 1.93 bits per heavy atom. The molecular weight excluding hydrogens is 398 g/mol. The van der Waals surface area contributed by atoms with Gasteiger partial charge >= 0.3 is 5.97 Å². The number of carbonyl (C=O) groups is 1. The molecule has 0 amide bonds. The minimum atomic E-state index is -0.320. The van der Waals surface area contributed by atoms with Gasteiger partial charge in [-0.2, -0.15) is 5.10 Å². The standard InChI is InChI=1S/C24H26ClN3O2/c1-16(2)30-24(29)19-9-7-10-22(13-19)28-17(3)12-21(18(28)4)15-27-26-14-20-8-5-6-11-23(20)25/h5-13,15-16,26H,14H2,1-4H3/b27-15-. The monoisotopic (exact) mass is 423 g/mol. The summed E-state index contributed by atoms with van der Waals surface area (Å²) in [6, 6.07) is 17.2. The Kier molecular flexibility index (Phi) is 6.95. The zero-order chi connectivity index (χ0) is 21.7. The van der Waals surface area contributed by atoms with Crippen LogP contribution in [0.15, 0.2) is 59.7 Å². The Morgan fingerprint density at radius 1 is 1.17 bits per heavy atom. The SMILES string of the molecule is Cc1cc(/C=N\NCc2ccccc2Cl)c(C)n1-c1cccc(C(=O)OC(C)C)c1. The summed E-state index contributed by atoms with van der Waals surface area (Å²) in [6.07, 6.45) is 1.64. The van der Waals surface area contributed by atoms with Crippen LogP contribution in [0.5, 0.6) is 0 Å². The van der Waals surface area contributed by atoms with E-state index in [4.69, 9.17) is 16.3 Å². The lowest BCUT2D eigenvalue weighted by atomic mass is 10.2. The van der Waals surface area contributed by atoms with Crippen LogP contribution in [-0.4, -0.2) is 22.9 Å². The number of benzene rings is 2. The van der Waals surface area contributed by atoms with Gasteiger partial charge in [-0.05, 0) is 63.6 Å². The summed E-state index contributed by atoms with van der Waals surface area (Å²) < 4.78 is 7.41. The van der Waals surface area contributed by atoms with E-state index in [0.29, 0.717) is 17.1 Å². The van der Waals surface area contributed by atoms with Crippen LogP contribution in [0.25, 0.3) is 5.69 Å². The largest absolute Gasteiger partial charge is 0.459 e. The average Bonchev–Trinajstić information content (AvgIpc) is 2.99. The van der Waals surface area contributed by atoms with Gasteiger partial charge in [0.05, 0.1) is 24.4 Å². The van der Waals surface area contributed by atoms with E-state index in [-0.39, 0.29) is 12.1 Å². The topological polar surface area (TPSA) is 55.6 Å². The van der Waals surface area contributed by atoms with Crippen molar-refractivity contribution in [2.24, 2.45) is 5.10 Å². The number of rotatable bonds is 7. The lowest BCUT2D eigenvalue weighted by Gasteiger charge is -2.12. The first-order valence-electron chi connectivity index (χ1n) is 9.86. The van der Waals surface area contributed by atoms with E-state index in [1.807, 2.05) is 70.2 Å². The number of nitrogens with zero attached hydrogens (tertiary/aromatic N) is 2. The molecule has 0 aliphatic carbocycles. The van der Waals surface area contributed by atoms with E-state index < -0.39 is 0 Å². The van der Waals surface area contributed by atoms with Crippen molar-refractivity contribution in [2.45, 2.75) is 40.3 Å². The number of hydrazone groups is 1. The van der Waals surface area contributed by atoms with Crippen LogP contribution in [0.2, 0.25) is 5.02 Å². The second-order valence-electron chi connectivity index (χ2n) is 7.35. The molecule has 0 fully saturated rings. The molecule has 0 bridgehead atoms. The first kappa shape index (κ1) is 21.7. The molecule has 0 radical (unpaired) electrons. The number of carbonyl (C=O) groups excluding carboxylic acids is 1. The lowest BCUT2D eigenvalue weighted by molar-refractivity contribution is 0.0378. The van der Waals surface area contributed by atoms with E-state index in [0.717, 1.165) is 28.2 Å². The van der Waals surface area contributed by atoms with Gasteiger partial charge in [0.2, 0.25) is 0 Å². The summed E-state index contributed by atoms with van der Waals surface area (Å²) in [7, 11) is 0. The van der Waals surface area contributed by atoms with Gasteiger partial charge in [0.15, 0.2) is 0 Å². The molecule has 1 N–H and O–H groups in total. The number of hydrogen-bond donors (Lipinski definition) is 1. The van der Waals surface area contributed by atoms with Crippen molar-refractivity contribution < 1.29 is 9.53 Å². The lowest BCUT2D eigenvalue weighted by Crippen LogP contribution is -2.12. The first-order chi connectivity index (χ1) is 14.4. The number of ether oxygens (including phenoxy) is 1. The van der Waals surface area contributed by atoms with Gasteiger partial charge in [0.1, 0.15) is 0 Å². The van der Waals surface area contributed by atoms with Gasteiger partial charge in [-0.15, -0.1) is 0 Å². The number of halogens is 1. The molecule has 1 heterocycles. The summed E-state index contributed by atoms with van der Waals surface area (Å²) in [5, 5.41) is 5.06. The van der Waals surface area contributed by atoms with Gasteiger partial charge in [0.25, 0.3) is 0 Å². The second kappa shape index (κ2) is 9.63. The molecule has 30 heavy (non-hydrogen) atoms. The van der Waals surface area contributed by atoms with Crippen molar-refractivity contribution in [3.63, 3.8) is 0 Å². The van der Waals surface area contributed by atoms with Gasteiger partial charge in [-0.1, -0.05) is 35.9 Å². The molecule has 0 saturated heterocycles. The molecule has 0 saturated carbocycles. The number of aromatic nitrogens is 1. The van der Waals surface area contributed by atoms with Gasteiger partial charge in [-0.3, -0.25) is 0 Å². The van der Waals surface area contributed by atoms with Gasteiger partial charge in [-0.25, -0.2) is 4.79 Å². The molecule has 156 valence electrons. The first-order valence-corrected chi connectivity index (χ1v) is 10.2. The van der Waals surface area contributed by atoms with Crippen molar-refractivity contribution in [1.82, 2.24) is 9.99 Å². The molecule has 2 aromatic carbocycles. The molecule has 0 aliphatic heterocycles. The Labute approximate surface area is 182 Å². The van der Waals surface area contributed by atoms with E-state index >= 15 is 0 Å². The number of nitrogens with one attached hydrogen (secondary N) is 1. The Balaban J connectivity index is 1.77. The van der Waals surface area contributed by atoms with Crippen LogP contribution in [0.4, 0.5) is 0 Å². The summed E-state index contributed by atoms with van der Waals surface area (Å²) in [4.78, 5) is 12.3.